The summed E-state index contributed by atoms with van der Waals surface area (Å²) in [5.41, 5.74) is 0. The first-order chi connectivity index (χ1) is 10.6. The second-order valence-electron chi connectivity index (χ2n) is 5.29. The van der Waals surface area contributed by atoms with Crippen LogP contribution in [-0.4, -0.2) is 43.4 Å². The number of carbonyl (C=O) groups is 1. The lowest BCUT2D eigenvalue weighted by molar-refractivity contribution is -0.126. The van der Waals surface area contributed by atoms with Gasteiger partial charge in [-0.15, -0.1) is 0 Å². The van der Waals surface area contributed by atoms with E-state index in [9.17, 15) is 9.90 Å². The van der Waals surface area contributed by atoms with E-state index in [1.54, 1.807) is 18.2 Å². The topological polar surface area (TPSA) is 70.6 Å². The number of piperidine rings is 1. The largest absolute Gasteiger partial charge is 0.489 e. The van der Waals surface area contributed by atoms with Gasteiger partial charge in [-0.05, 0) is 38.1 Å². The van der Waals surface area contributed by atoms with E-state index in [0.717, 1.165) is 25.9 Å². The molecule has 1 heterocycles. The number of hydrogen-bond acceptors (Lipinski definition) is 4. The van der Waals surface area contributed by atoms with E-state index in [-0.39, 0.29) is 25.0 Å². The molecule has 5 nitrogen and oxygen atoms in total. The van der Waals surface area contributed by atoms with E-state index in [1.165, 1.54) is 0 Å². The Labute approximate surface area is 139 Å². The second-order valence-corrected chi connectivity index (χ2v) is 6.07. The van der Waals surface area contributed by atoms with Crippen LogP contribution < -0.4 is 15.4 Å². The van der Waals surface area contributed by atoms with Crippen LogP contribution in [0.4, 0.5) is 0 Å². The SMILES string of the molecule is O=C(NC[C@H](O)COc1cccc(Cl)c1Cl)C1CCNCC1. The number of aliphatic hydroxyl groups is 1. The van der Waals surface area contributed by atoms with Gasteiger partial charge in [0.1, 0.15) is 23.5 Å². The van der Waals surface area contributed by atoms with Crippen molar-refractivity contribution in [1.29, 1.82) is 0 Å². The molecule has 1 aromatic rings. The molecule has 1 atom stereocenters. The smallest absolute Gasteiger partial charge is 0.223 e. The fourth-order valence-corrected chi connectivity index (χ4v) is 2.63. The summed E-state index contributed by atoms with van der Waals surface area (Å²) in [5, 5.41) is 16.6. The summed E-state index contributed by atoms with van der Waals surface area (Å²) in [5.74, 6) is 0.427. The van der Waals surface area contributed by atoms with Crippen molar-refractivity contribution in [2.24, 2.45) is 5.92 Å². The van der Waals surface area contributed by atoms with Crippen LogP contribution in [0.1, 0.15) is 12.8 Å². The maximum Gasteiger partial charge on any atom is 0.223 e. The molecule has 1 aliphatic rings. The first kappa shape index (κ1) is 17.3. The van der Waals surface area contributed by atoms with E-state index >= 15 is 0 Å². The van der Waals surface area contributed by atoms with Crippen LogP contribution in [0.15, 0.2) is 18.2 Å². The number of carbonyl (C=O) groups excluding carboxylic acids is 1. The van der Waals surface area contributed by atoms with E-state index in [2.05, 4.69) is 10.6 Å². The van der Waals surface area contributed by atoms with Crippen LogP contribution in [0.3, 0.4) is 0 Å². The van der Waals surface area contributed by atoms with Gasteiger partial charge in [-0.3, -0.25) is 4.79 Å². The van der Waals surface area contributed by atoms with Gasteiger partial charge in [0, 0.05) is 12.5 Å². The Morgan fingerprint density at radius 2 is 2.14 bits per heavy atom. The van der Waals surface area contributed by atoms with Crippen molar-refractivity contribution in [1.82, 2.24) is 10.6 Å². The van der Waals surface area contributed by atoms with Gasteiger partial charge < -0.3 is 20.5 Å². The molecule has 1 aliphatic heterocycles. The predicted molar refractivity (Wildman–Crippen MR) is 86.6 cm³/mol. The number of nitrogens with one attached hydrogen (secondary N) is 2. The number of hydrogen-bond donors (Lipinski definition) is 3. The fraction of sp³-hybridized carbons (Fsp3) is 0.533. The van der Waals surface area contributed by atoms with Gasteiger partial charge in [-0.25, -0.2) is 0 Å². The summed E-state index contributed by atoms with van der Waals surface area (Å²) in [4.78, 5) is 11.9. The quantitative estimate of drug-likeness (QED) is 0.735. The fourth-order valence-electron chi connectivity index (χ4n) is 2.29. The molecule has 1 amide bonds. The molecule has 2 rings (SSSR count). The molecule has 22 heavy (non-hydrogen) atoms. The summed E-state index contributed by atoms with van der Waals surface area (Å²) < 4.78 is 5.43. The van der Waals surface area contributed by atoms with Crippen molar-refractivity contribution in [3.63, 3.8) is 0 Å². The number of aliphatic hydroxyl groups excluding tert-OH is 1. The number of ether oxygens (including phenoxy) is 1. The van der Waals surface area contributed by atoms with Gasteiger partial charge in [0.15, 0.2) is 0 Å². The predicted octanol–water partition coefficient (Wildman–Crippen LogP) is 1.85. The minimum Gasteiger partial charge on any atom is -0.489 e. The summed E-state index contributed by atoms with van der Waals surface area (Å²) in [6, 6.07) is 5.05. The van der Waals surface area contributed by atoms with Gasteiger partial charge >= 0.3 is 0 Å². The Hall–Kier alpha value is -1.01. The number of rotatable bonds is 6. The van der Waals surface area contributed by atoms with Crippen LogP contribution in [0, 0.1) is 5.92 Å². The molecule has 0 unspecified atom stereocenters. The first-order valence-corrected chi connectivity index (χ1v) is 8.07. The molecule has 122 valence electrons. The maximum atomic E-state index is 11.9. The Balaban J connectivity index is 1.72. The van der Waals surface area contributed by atoms with Crippen LogP contribution in [-0.2, 0) is 4.79 Å². The lowest BCUT2D eigenvalue weighted by Gasteiger charge is -2.22. The minimum atomic E-state index is -0.805. The molecule has 7 heteroatoms. The molecule has 3 N–H and O–H groups in total. The van der Waals surface area contributed by atoms with Crippen molar-refractivity contribution >= 4 is 29.1 Å². The molecular weight excluding hydrogens is 327 g/mol. The van der Waals surface area contributed by atoms with Crippen LogP contribution in [0.5, 0.6) is 5.75 Å². The molecule has 1 saturated heterocycles. The molecule has 0 bridgehead atoms. The molecule has 0 saturated carbocycles. The minimum absolute atomic E-state index is 0.0127. The van der Waals surface area contributed by atoms with E-state index < -0.39 is 6.10 Å². The zero-order valence-electron chi connectivity index (χ0n) is 12.1. The van der Waals surface area contributed by atoms with Crippen molar-refractivity contribution in [3.05, 3.63) is 28.2 Å². The van der Waals surface area contributed by atoms with Crippen molar-refractivity contribution < 1.29 is 14.6 Å². The molecule has 1 fully saturated rings. The Morgan fingerprint density at radius 1 is 1.41 bits per heavy atom. The Bertz CT molecular complexity index is 508. The van der Waals surface area contributed by atoms with Gasteiger partial charge in [0.2, 0.25) is 5.91 Å². The van der Waals surface area contributed by atoms with Gasteiger partial charge in [0.05, 0.1) is 5.02 Å². The van der Waals surface area contributed by atoms with E-state index in [4.69, 9.17) is 27.9 Å². The average molecular weight is 347 g/mol. The third-order valence-corrected chi connectivity index (χ3v) is 4.37. The van der Waals surface area contributed by atoms with Crippen molar-refractivity contribution in [2.45, 2.75) is 18.9 Å². The standard InChI is InChI=1S/C15H20Cl2N2O3/c16-12-2-1-3-13(14(12)17)22-9-11(20)8-19-15(21)10-4-6-18-7-5-10/h1-3,10-11,18,20H,4-9H2,(H,19,21)/t11-/m0/s1. The normalized spacial score (nSPS) is 17.0. The average Bonchev–Trinajstić information content (AvgIpc) is 2.54. The third-order valence-electron chi connectivity index (χ3n) is 3.57. The Morgan fingerprint density at radius 3 is 2.86 bits per heavy atom. The molecule has 0 aromatic heterocycles. The number of benzene rings is 1. The van der Waals surface area contributed by atoms with Gasteiger partial charge in [0.25, 0.3) is 0 Å². The highest BCUT2D eigenvalue weighted by molar-refractivity contribution is 6.42. The maximum absolute atomic E-state index is 11.9. The molecule has 1 aromatic carbocycles. The molecule has 0 aliphatic carbocycles. The summed E-state index contributed by atoms with van der Waals surface area (Å²) in [6.07, 6.45) is 0.855. The highest BCUT2D eigenvalue weighted by Crippen LogP contribution is 2.31. The zero-order chi connectivity index (χ0) is 15.9. The Kier molecular flexibility index (Phi) is 6.76. The van der Waals surface area contributed by atoms with E-state index in [1.807, 2.05) is 0 Å². The first-order valence-electron chi connectivity index (χ1n) is 7.31. The lowest BCUT2D eigenvalue weighted by Crippen LogP contribution is -2.42. The van der Waals surface area contributed by atoms with Gasteiger partial charge in [-0.2, -0.15) is 0 Å². The van der Waals surface area contributed by atoms with Crippen LogP contribution >= 0.6 is 23.2 Å². The van der Waals surface area contributed by atoms with Crippen molar-refractivity contribution in [3.8, 4) is 5.75 Å². The number of amides is 1. The van der Waals surface area contributed by atoms with Crippen LogP contribution in [0.2, 0.25) is 10.0 Å². The zero-order valence-corrected chi connectivity index (χ0v) is 13.7. The molecule has 0 radical (unpaired) electrons. The van der Waals surface area contributed by atoms with Crippen LogP contribution in [0.25, 0.3) is 0 Å². The molecule has 0 spiro atoms. The van der Waals surface area contributed by atoms with Gasteiger partial charge in [-0.1, -0.05) is 29.3 Å². The third kappa shape index (κ3) is 5.02. The molecular formula is C15H20Cl2N2O3. The van der Waals surface area contributed by atoms with Crippen molar-refractivity contribution in [2.75, 3.05) is 26.2 Å². The van der Waals surface area contributed by atoms with E-state index in [0.29, 0.717) is 15.8 Å². The second kappa shape index (κ2) is 8.58. The summed E-state index contributed by atoms with van der Waals surface area (Å²) >= 11 is 11.9. The monoisotopic (exact) mass is 346 g/mol. The highest BCUT2D eigenvalue weighted by atomic mass is 35.5. The summed E-state index contributed by atoms with van der Waals surface area (Å²) in [6.45, 7) is 1.90. The number of halogens is 2. The highest BCUT2D eigenvalue weighted by Gasteiger charge is 2.21. The lowest BCUT2D eigenvalue weighted by atomic mass is 9.97. The summed E-state index contributed by atoms with van der Waals surface area (Å²) in [7, 11) is 0.